The molecule has 0 amide bonds. The Bertz CT molecular complexity index is 380. The van der Waals surface area contributed by atoms with E-state index in [9.17, 15) is 0 Å². The predicted molar refractivity (Wildman–Crippen MR) is 67.7 cm³/mol. The minimum Gasteiger partial charge on any atom is -0.336 e. The van der Waals surface area contributed by atoms with Crippen LogP contribution in [-0.2, 0) is 13.0 Å². The Balaban J connectivity index is 1.66. The van der Waals surface area contributed by atoms with Gasteiger partial charge in [-0.2, -0.15) is 0 Å². The first-order valence-electron chi connectivity index (χ1n) is 5.56. The summed E-state index contributed by atoms with van der Waals surface area (Å²) in [5.41, 5.74) is 0. The molecule has 16 heavy (non-hydrogen) atoms. The van der Waals surface area contributed by atoms with Crippen LogP contribution in [0.5, 0.6) is 0 Å². The van der Waals surface area contributed by atoms with Crippen molar-refractivity contribution in [2.45, 2.75) is 25.9 Å². The third-order valence-corrected chi connectivity index (χ3v) is 3.41. The van der Waals surface area contributed by atoms with Crippen molar-refractivity contribution < 1.29 is 0 Å². The van der Waals surface area contributed by atoms with Gasteiger partial charge in [-0.1, -0.05) is 6.07 Å². The molecule has 0 aliphatic carbocycles. The second-order valence-electron chi connectivity index (χ2n) is 3.94. The maximum Gasteiger partial charge on any atom is 0.0946 e. The fourth-order valence-corrected chi connectivity index (χ4v) is 2.50. The Kier molecular flexibility index (Phi) is 4.13. The lowest BCUT2D eigenvalue weighted by Crippen LogP contribution is -2.30. The van der Waals surface area contributed by atoms with Crippen LogP contribution in [0.3, 0.4) is 0 Å². The van der Waals surface area contributed by atoms with Gasteiger partial charge in [-0.15, -0.1) is 11.3 Å². The lowest BCUT2D eigenvalue weighted by atomic mass is 10.2. The molecule has 3 nitrogen and oxygen atoms in total. The fraction of sp³-hybridized carbons (Fsp3) is 0.417. The summed E-state index contributed by atoms with van der Waals surface area (Å²) in [4.78, 5) is 5.46. The standard InChI is InChI=1S/C12H17N3S/c1-11(9-12-3-2-8-16-12)14-5-7-15-6-4-13-10-15/h2-4,6,8,10-11,14H,5,7,9H2,1H3. The third-order valence-electron chi connectivity index (χ3n) is 2.51. The molecular weight excluding hydrogens is 218 g/mol. The van der Waals surface area contributed by atoms with Crippen molar-refractivity contribution in [1.82, 2.24) is 14.9 Å². The average Bonchev–Trinajstić information content (AvgIpc) is 2.90. The highest BCUT2D eigenvalue weighted by Gasteiger charge is 2.03. The van der Waals surface area contributed by atoms with E-state index in [1.54, 1.807) is 0 Å². The summed E-state index contributed by atoms with van der Waals surface area (Å²) in [5.74, 6) is 0. The Labute approximate surface area is 100 Å². The molecule has 0 aliphatic heterocycles. The van der Waals surface area contributed by atoms with Gasteiger partial charge in [0.15, 0.2) is 0 Å². The van der Waals surface area contributed by atoms with Crippen LogP contribution in [0.2, 0.25) is 0 Å². The van der Waals surface area contributed by atoms with Crippen molar-refractivity contribution in [3.05, 3.63) is 41.1 Å². The van der Waals surface area contributed by atoms with Crippen molar-refractivity contribution in [3.63, 3.8) is 0 Å². The van der Waals surface area contributed by atoms with E-state index in [-0.39, 0.29) is 0 Å². The summed E-state index contributed by atoms with van der Waals surface area (Å²) in [7, 11) is 0. The van der Waals surface area contributed by atoms with Gasteiger partial charge < -0.3 is 9.88 Å². The zero-order chi connectivity index (χ0) is 11.2. The number of hydrogen-bond acceptors (Lipinski definition) is 3. The highest BCUT2D eigenvalue weighted by atomic mass is 32.1. The molecule has 4 heteroatoms. The summed E-state index contributed by atoms with van der Waals surface area (Å²) in [6.07, 6.45) is 6.77. The minimum atomic E-state index is 0.530. The zero-order valence-corrected chi connectivity index (χ0v) is 10.3. The van der Waals surface area contributed by atoms with E-state index in [0.717, 1.165) is 19.5 Å². The van der Waals surface area contributed by atoms with Gasteiger partial charge >= 0.3 is 0 Å². The molecule has 1 unspecified atom stereocenters. The first-order valence-corrected chi connectivity index (χ1v) is 6.44. The smallest absolute Gasteiger partial charge is 0.0946 e. The van der Waals surface area contributed by atoms with Gasteiger partial charge in [0, 0.05) is 36.4 Å². The first kappa shape index (κ1) is 11.4. The van der Waals surface area contributed by atoms with Crippen LogP contribution in [0.1, 0.15) is 11.8 Å². The second-order valence-corrected chi connectivity index (χ2v) is 4.97. The van der Waals surface area contributed by atoms with E-state index in [2.05, 4.69) is 39.3 Å². The molecule has 0 saturated heterocycles. The molecule has 2 rings (SSSR count). The van der Waals surface area contributed by atoms with E-state index >= 15 is 0 Å². The molecule has 0 bridgehead atoms. The number of nitrogens with zero attached hydrogens (tertiary/aromatic N) is 2. The van der Waals surface area contributed by atoms with Gasteiger partial charge in [0.2, 0.25) is 0 Å². The number of aromatic nitrogens is 2. The summed E-state index contributed by atoms with van der Waals surface area (Å²) in [5, 5.41) is 5.65. The maximum absolute atomic E-state index is 4.02. The quantitative estimate of drug-likeness (QED) is 0.831. The largest absolute Gasteiger partial charge is 0.336 e. The van der Waals surface area contributed by atoms with E-state index in [1.807, 2.05) is 30.1 Å². The van der Waals surface area contributed by atoms with Gasteiger partial charge in [-0.05, 0) is 24.8 Å². The Morgan fingerprint density at radius 1 is 1.56 bits per heavy atom. The minimum absolute atomic E-state index is 0.530. The number of rotatable bonds is 6. The van der Waals surface area contributed by atoms with Crippen molar-refractivity contribution in [1.29, 1.82) is 0 Å². The molecular formula is C12H17N3S. The first-order chi connectivity index (χ1) is 7.84. The lowest BCUT2D eigenvalue weighted by molar-refractivity contribution is 0.514. The fourth-order valence-electron chi connectivity index (χ4n) is 1.66. The SMILES string of the molecule is CC(Cc1cccs1)NCCn1ccnc1. The van der Waals surface area contributed by atoms with Crippen LogP contribution in [-0.4, -0.2) is 22.1 Å². The Hall–Kier alpha value is -1.13. The van der Waals surface area contributed by atoms with Gasteiger partial charge in [-0.25, -0.2) is 4.98 Å². The second kappa shape index (κ2) is 5.82. The number of imidazole rings is 1. The van der Waals surface area contributed by atoms with Gasteiger partial charge in [0.05, 0.1) is 6.33 Å². The number of nitrogens with one attached hydrogen (secondary N) is 1. The van der Waals surface area contributed by atoms with Crippen LogP contribution in [0.4, 0.5) is 0 Å². The maximum atomic E-state index is 4.02. The van der Waals surface area contributed by atoms with Gasteiger partial charge in [-0.3, -0.25) is 0 Å². The Morgan fingerprint density at radius 2 is 2.50 bits per heavy atom. The predicted octanol–water partition coefficient (Wildman–Crippen LogP) is 2.17. The Morgan fingerprint density at radius 3 is 3.19 bits per heavy atom. The molecule has 0 spiro atoms. The van der Waals surface area contributed by atoms with Crippen LogP contribution >= 0.6 is 11.3 Å². The number of thiophene rings is 1. The normalized spacial score (nSPS) is 12.8. The summed E-state index contributed by atoms with van der Waals surface area (Å²) in [6.45, 7) is 4.20. The zero-order valence-electron chi connectivity index (χ0n) is 9.47. The van der Waals surface area contributed by atoms with Crippen LogP contribution in [0.25, 0.3) is 0 Å². The van der Waals surface area contributed by atoms with Gasteiger partial charge in [0.1, 0.15) is 0 Å². The van der Waals surface area contributed by atoms with Crippen molar-refractivity contribution in [3.8, 4) is 0 Å². The van der Waals surface area contributed by atoms with E-state index in [4.69, 9.17) is 0 Å². The van der Waals surface area contributed by atoms with Crippen LogP contribution < -0.4 is 5.32 Å². The van der Waals surface area contributed by atoms with Crippen LogP contribution in [0.15, 0.2) is 36.2 Å². The van der Waals surface area contributed by atoms with Gasteiger partial charge in [0.25, 0.3) is 0 Å². The summed E-state index contributed by atoms with van der Waals surface area (Å²) in [6, 6.07) is 4.83. The summed E-state index contributed by atoms with van der Waals surface area (Å²) < 4.78 is 2.09. The van der Waals surface area contributed by atoms with E-state index in [0.29, 0.717) is 6.04 Å². The van der Waals surface area contributed by atoms with E-state index < -0.39 is 0 Å². The van der Waals surface area contributed by atoms with Crippen molar-refractivity contribution in [2.24, 2.45) is 0 Å². The molecule has 2 aromatic heterocycles. The molecule has 0 fully saturated rings. The number of hydrogen-bond donors (Lipinski definition) is 1. The monoisotopic (exact) mass is 235 g/mol. The third kappa shape index (κ3) is 3.47. The molecule has 0 radical (unpaired) electrons. The average molecular weight is 235 g/mol. The topological polar surface area (TPSA) is 29.9 Å². The molecule has 0 saturated carbocycles. The van der Waals surface area contributed by atoms with Crippen LogP contribution in [0, 0.1) is 0 Å². The molecule has 2 heterocycles. The molecule has 86 valence electrons. The lowest BCUT2D eigenvalue weighted by Gasteiger charge is -2.12. The molecule has 1 atom stereocenters. The van der Waals surface area contributed by atoms with Crippen molar-refractivity contribution in [2.75, 3.05) is 6.54 Å². The molecule has 0 aromatic carbocycles. The highest BCUT2D eigenvalue weighted by Crippen LogP contribution is 2.10. The molecule has 1 N–H and O–H groups in total. The molecule has 2 aromatic rings. The highest BCUT2D eigenvalue weighted by molar-refractivity contribution is 7.09. The molecule has 0 aliphatic rings. The summed E-state index contributed by atoms with van der Waals surface area (Å²) >= 11 is 1.83. The van der Waals surface area contributed by atoms with E-state index in [1.165, 1.54) is 4.88 Å². The van der Waals surface area contributed by atoms with Crippen molar-refractivity contribution >= 4 is 11.3 Å².